The smallest absolute Gasteiger partial charge is 0.239 e. The first-order valence-electron chi connectivity index (χ1n) is 47.0. The number of ether oxygens (including phenoxy) is 2. The number of amides is 5. The molecule has 0 bridgehead atoms. The number of likely N-dealkylation sites (N-methyl/N-ethyl adjacent to an activating group) is 1. The quantitative estimate of drug-likeness (QED) is 0.0469. The lowest BCUT2D eigenvalue weighted by Crippen LogP contribution is -2.55. The van der Waals surface area contributed by atoms with Gasteiger partial charge < -0.3 is 38.1 Å². The Morgan fingerprint density at radius 1 is 0.552 bits per heavy atom. The summed E-state index contributed by atoms with van der Waals surface area (Å²) in [5.74, 6) is 0.840. The number of allylic oxidation sites excluding steroid dienone is 1. The van der Waals surface area contributed by atoms with Crippen LogP contribution in [-0.2, 0) is 70.1 Å². The summed E-state index contributed by atoms with van der Waals surface area (Å²) < 4.78 is 28.8. The van der Waals surface area contributed by atoms with Crippen LogP contribution in [0.4, 0.5) is 4.39 Å². The lowest BCUT2D eigenvalue weighted by atomic mass is 9.68. The van der Waals surface area contributed by atoms with Gasteiger partial charge in [0.15, 0.2) is 47.1 Å². The van der Waals surface area contributed by atoms with E-state index >= 15 is 0 Å². The van der Waals surface area contributed by atoms with Gasteiger partial charge in [0.2, 0.25) is 36.3 Å². The summed E-state index contributed by atoms with van der Waals surface area (Å²) in [5, 5.41) is 33.3. The molecule has 30 nitrogen and oxygen atoms in total. The molecule has 8 aliphatic rings. The first kappa shape index (κ1) is 98.9. The fourth-order valence-corrected chi connectivity index (χ4v) is 22.8. The molecule has 0 spiro atoms. The van der Waals surface area contributed by atoms with Gasteiger partial charge in [-0.05, 0) is 229 Å². The van der Waals surface area contributed by atoms with Crippen molar-refractivity contribution in [3.8, 4) is 56.3 Å². The number of rotatable bonds is 19. The van der Waals surface area contributed by atoms with Crippen LogP contribution in [0.3, 0.4) is 0 Å². The number of carbonyl (C=O) groups is 6. The van der Waals surface area contributed by atoms with E-state index in [9.17, 15) is 38.4 Å². The molecule has 730 valence electrons. The average molecular weight is 1970 g/mol. The number of ketones is 1. The van der Waals surface area contributed by atoms with E-state index in [1.807, 2.05) is 204 Å². The molecule has 6 aliphatic heterocycles. The first-order valence-corrected chi connectivity index (χ1v) is 49.6. The number of nitrogens with two attached hydrogens (primary N) is 5. The Hall–Kier alpha value is -15.7. The summed E-state index contributed by atoms with van der Waals surface area (Å²) in [7, 11) is 10.1. The summed E-state index contributed by atoms with van der Waals surface area (Å²) >= 11 is 4.66. The number of thiophene rings is 3. The SMILES string of the molecule is CC(C)C1(c2cc(-c3cccc(C#N)c3)cs2)CC(=O)N(C)C(N)=N1.CN1C(=O)C(c2ccc3c(c2)OCO3)[C@@](C)(c2cc(-c3cc(F)cc(C#N)c3)cs2)N=C1N.CN1C(=O)C[C@@](C)(c2ccc3c(cnn3CC3CC3)c2)N=C1N.CN1C(=O)[C@@H](C(CC(=O)/C=C/c2ccccc2)c2ccccc2)[C@@](C)(c2ccc3cn(C)nc3c2)N=C1N.CN1C(=O)[C@@H](C2CC2)[C@@](C)(c2ccc(-c3cccnc3)s2)N=C1N. The molecule has 13 aromatic rings. The molecule has 6 aromatic heterocycles. The van der Waals surface area contributed by atoms with Crippen LogP contribution < -0.4 is 38.1 Å². The number of hydrogen-bond acceptors (Lipinski definition) is 26. The Morgan fingerprint density at radius 3 is 1.86 bits per heavy atom. The summed E-state index contributed by atoms with van der Waals surface area (Å²) in [4.78, 5) is 117. The number of halogens is 1. The summed E-state index contributed by atoms with van der Waals surface area (Å²) in [6, 6.07) is 64.9. The maximum Gasteiger partial charge on any atom is 0.239 e. The van der Waals surface area contributed by atoms with Crippen molar-refractivity contribution in [2.75, 3.05) is 42.0 Å². The van der Waals surface area contributed by atoms with Gasteiger partial charge in [0.1, 0.15) is 22.4 Å². The van der Waals surface area contributed by atoms with E-state index < -0.39 is 51.3 Å². The van der Waals surface area contributed by atoms with Crippen molar-refractivity contribution in [2.45, 2.75) is 133 Å². The van der Waals surface area contributed by atoms with Crippen molar-refractivity contribution < 1.29 is 42.6 Å². The predicted molar refractivity (Wildman–Crippen MR) is 556 cm³/mol. The number of nitriles is 2. The molecule has 3 unspecified atom stereocenters. The van der Waals surface area contributed by atoms with Crippen molar-refractivity contribution in [1.29, 1.82) is 10.5 Å². The lowest BCUT2D eigenvalue weighted by Gasteiger charge is -2.44. The van der Waals surface area contributed by atoms with Crippen LogP contribution in [0.25, 0.3) is 60.6 Å². The molecule has 12 heterocycles. The zero-order valence-electron chi connectivity index (χ0n) is 81.4. The normalized spacial score (nSPS) is 22.7. The molecule has 21 rings (SSSR count). The molecule has 143 heavy (non-hydrogen) atoms. The molecule has 2 saturated carbocycles. The van der Waals surface area contributed by atoms with E-state index in [4.69, 9.17) is 63.4 Å². The molecular formula is C109H111FN22O8S3. The number of pyridine rings is 1. The minimum Gasteiger partial charge on any atom is -0.454 e. The second-order valence-electron chi connectivity index (χ2n) is 38.3. The van der Waals surface area contributed by atoms with Crippen LogP contribution in [0.15, 0.2) is 261 Å². The number of hydrogen-bond donors (Lipinski definition) is 5. The van der Waals surface area contributed by atoms with Gasteiger partial charge in [-0.1, -0.05) is 123 Å². The van der Waals surface area contributed by atoms with Crippen LogP contribution in [0.5, 0.6) is 11.5 Å². The number of aryl methyl sites for hydroxylation is 1. The summed E-state index contributed by atoms with van der Waals surface area (Å²) in [5.41, 5.74) is 38.1. The van der Waals surface area contributed by atoms with Crippen molar-refractivity contribution in [3.05, 3.63) is 295 Å². The van der Waals surface area contributed by atoms with E-state index in [1.54, 1.807) is 99.1 Å². The van der Waals surface area contributed by atoms with Gasteiger partial charge in [-0.15, -0.1) is 34.0 Å². The third-order valence-corrected chi connectivity index (χ3v) is 31.8. The van der Waals surface area contributed by atoms with E-state index in [2.05, 4.69) is 75.1 Å². The van der Waals surface area contributed by atoms with Crippen LogP contribution >= 0.6 is 34.0 Å². The number of benzene rings is 7. The van der Waals surface area contributed by atoms with Gasteiger partial charge in [-0.3, -0.25) is 67.6 Å². The molecule has 9 atom stereocenters. The molecule has 2 aliphatic carbocycles. The molecule has 10 N–H and O–H groups in total. The predicted octanol–water partition coefficient (Wildman–Crippen LogP) is 16.6. The maximum absolute atomic E-state index is 14.0. The molecule has 34 heteroatoms. The highest BCUT2D eigenvalue weighted by Crippen LogP contribution is 2.55. The highest BCUT2D eigenvalue weighted by Gasteiger charge is 2.56. The van der Waals surface area contributed by atoms with E-state index in [1.165, 1.54) is 60.8 Å². The molecular weight excluding hydrogens is 1860 g/mol. The number of aromatic nitrogens is 5. The van der Waals surface area contributed by atoms with E-state index in [0.29, 0.717) is 47.3 Å². The van der Waals surface area contributed by atoms with Gasteiger partial charge in [-0.2, -0.15) is 20.7 Å². The molecule has 5 amide bonds. The van der Waals surface area contributed by atoms with Crippen LogP contribution in [-0.4, -0.2) is 156 Å². The summed E-state index contributed by atoms with van der Waals surface area (Å²) in [6.07, 6.45) is 16.4. The maximum atomic E-state index is 14.0. The van der Waals surface area contributed by atoms with Crippen molar-refractivity contribution in [3.63, 3.8) is 0 Å². The number of nitrogens with zero attached hydrogens (tertiary/aromatic N) is 17. The highest BCUT2D eigenvalue weighted by atomic mass is 32.1. The number of guanidine groups is 5. The summed E-state index contributed by atoms with van der Waals surface area (Å²) in [6.45, 7) is 13.0. The van der Waals surface area contributed by atoms with Crippen LogP contribution in [0, 0.1) is 58.1 Å². The zero-order chi connectivity index (χ0) is 101. The minimum atomic E-state index is -1.01. The Balaban J connectivity index is 0.000000124. The van der Waals surface area contributed by atoms with Gasteiger partial charge in [0.25, 0.3) is 0 Å². The van der Waals surface area contributed by atoms with Gasteiger partial charge in [0.05, 0.1) is 82.2 Å². The Bertz CT molecular complexity index is 7410. The van der Waals surface area contributed by atoms with Gasteiger partial charge in [0, 0.05) is 116 Å². The van der Waals surface area contributed by atoms with Crippen molar-refractivity contribution in [2.24, 2.45) is 90.3 Å². The molecule has 0 radical (unpaired) electrons. The largest absolute Gasteiger partial charge is 0.454 e. The van der Waals surface area contributed by atoms with Crippen molar-refractivity contribution in [1.82, 2.24) is 49.0 Å². The third-order valence-electron chi connectivity index (χ3n) is 28.2. The monoisotopic (exact) mass is 1970 g/mol. The number of carbonyl (C=O) groups excluding carboxylic acids is 6. The Kier molecular flexibility index (Phi) is 27.8. The molecule has 2 fully saturated rings. The van der Waals surface area contributed by atoms with Crippen LogP contribution in [0.2, 0.25) is 0 Å². The van der Waals surface area contributed by atoms with E-state index in [-0.39, 0.29) is 89.8 Å². The number of fused-ring (bicyclic) bond motifs is 3. The lowest BCUT2D eigenvalue weighted by molar-refractivity contribution is -0.136. The standard InChI is InChI=1S/C31H31N5O2.C24H19FN4O3S.C19H20N4OS.C18H20N4OS.C17H21N5O/c1-31(24-16-15-23-20-35(2)34-27(23)18-24)28(29(38)36(3)30(32)33-31)26(22-12-8-5-9-13-22)19-25(37)17-14-21-10-6-4-7-11-21;1-24(20-9-16(11-33-20)15-5-13(10-26)6-17(25)7-15)21(22(30)29(2)23(27)28-24)14-3-4-18-19(8-14)32-12-31-18;1-12(2)19(9-17(24)23(3)18(21)22-19)16-8-15(11-25-16)14-6-4-5-13(7-14)10-20;1-18(14-8-7-13(24-14)12-4-3-9-20-10-12)15(11-5-6-11)16(23)22(2)17(19)21-18;1-17(8-15(23)21(2)16(18)20-17)13-5-6-14-12(7-13)9-19-22(14)10-11-3-4-11/h4-18,20,26,28H,19H2,1-3H3,(H2,32,33);3-9,11,21H,12H2,1-2H3,(H2,27,28);4-8,11-12H,9H2,1-3H3,(H2,21,22);3-4,7-11,15H,5-6H2,1-2H3,(H2,19,21);5-7,9,11H,3-4,8,10H2,1-2H3,(H2,18,20)/b17-14+;;;;/t26?,28-,31-;21?,24-;;15-,18-;17-/m11.10/s1. The number of aliphatic imine (C=N–C) groups is 5. The molecule has 0 saturated heterocycles. The van der Waals surface area contributed by atoms with Gasteiger partial charge >= 0.3 is 0 Å². The fraction of sp³-hybridized carbons (Fsp3) is 0.303. The fourth-order valence-electron chi connectivity index (χ4n) is 19.4. The Morgan fingerprint density at radius 2 is 1.18 bits per heavy atom. The second kappa shape index (κ2) is 40.2. The highest BCUT2D eigenvalue weighted by molar-refractivity contribution is 7.15. The first-order chi connectivity index (χ1) is 68.4. The Labute approximate surface area is 840 Å². The third kappa shape index (κ3) is 20.2. The second-order valence-corrected chi connectivity index (χ2v) is 41.2. The van der Waals surface area contributed by atoms with Crippen molar-refractivity contribution >= 4 is 127 Å². The minimum absolute atomic E-state index is 0.00970. The van der Waals surface area contributed by atoms with E-state index in [0.717, 1.165) is 117 Å². The zero-order valence-corrected chi connectivity index (χ0v) is 83.8. The topological polar surface area (TPSA) is 425 Å². The average Bonchev–Trinajstić information content (AvgIpc) is 1.33. The molecule has 7 aromatic carbocycles. The van der Waals surface area contributed by atoms with Gasteiger partial charge in [-0.25, -0.2) is 29.4 Å². The van der Waals surface area contributed by atoms with Crippen LogP contribution in [0.1, 0.15) is 152 Å².